The topological polar surface area (TPSA) is 53.4 Å². The maximum Gasteiger partial charge on any atom is 0.246 e. The summed E-state index contributed by atoms with van der Waals surface area (Å²) in [6, 6.07) is -0.0955. The summed E-state index contributed by atoms with van der Waals surface area (Å²) in [6.45, 7) is 6.18. The minimum atomic E-state index is -0.850. The smallest absolute Gasteiger partial charge is 0.246 e. The number of aryl methyl sites for hydroxylation is 1. The molecule has 1 amide bonds. The number of rotatable bonds is 3. The first-order valence-electron chi connectivity index (χ1n) is 6.51. The van der Waals surface area contributed by atoms with Crippen LogP contribution in [-0.4, -0.2) is 39.1 Å². The Balaban J connectivity index is 2.05. The third-order valence-corrected chi connectivity index (χ3v) is 4.18. The van der Waals surface area contributed by atoms with Gasteiger partial charge in [0.25, 0.3) is 0 Å². The van der Waals surface area contributed by atoms with Gasteiger partial charge in [-0.15, -0.1) is 11.3 Å². The second-order valence-corrected chi connectivity index (χ2v) is 6.53. The zero-order chi connectivity index (χ0) is 14.0. The van der Waals surface area contributed by atoms with Crippen LogP contribution in [0.15, 0.2) is 11.5 Å². The summed E-state index contributed by atoms with van der Waals surface area (Å²) in [7, 11) is 0. The van der Waals surface area contributed by atoms with Gasteiger partial charge in [0.05, 0.1) is 22.3 Å². The van der Waals surface area contributed by atoms with Crippen molar-refractivity contribution in [3.63, 3.8) is 0 Å². The van der Waals surface area contributed by atoms with Crippen molar-refractivity contribution in [2.45, 2.75) is 45.3 Å². The molecular formula is C14H20N2O2S. The number of amides is 1. The molecule has 1 N–H and O–H groups in total. The fraction of sp³-hybridized carbons (Fsp3) is 0.571. The van der Waals surface area contributed by atoms with Crippen molar-refractivity contribution in [3.8, 4) is 0 Å². The lowest BCUT2D eigenvalue weighted by Gasteiger charge is -2.33. The van der Waals surface area contributed by atoms with Crippen molar-refractivity contribution in [2.24, 2.45) is 0 Å². The summed E-state index contributed by atoms with van der Waals surface area (Å²) in [5.41, 5.74) is -0.0353. The molecule has 19 heavy (non-hydrogen) atoms. The molecule has 1 aromatic rings. The van der Waals surface area contributed by atoms with E-state index in [0.29, 0.717) is 6.54 Å². The van der Waals surface area contributed by atoms with Crippen LogP contribution in [0.5, 0.6) is 0 Å². The van der Waals surface area contributed by atoms with Crippen LogP contribution < -0.4 is 0 Å². The maximum atomic E-state index is 12.2. The Morgan fingerprint density at radius 1 is 1.63 bits per heavy atom. The molecule has 1 fully saturated rings. The van der Waals surface area contributed by atoms with Crippen LogP contribution in [0.25, 0.3) is 6.08 Å². The fourth-order valence-electron chi connectivity index (χ4n) is 2.47. The highest BCUT2D eigenvalue weighted by molar-refractivity contribution is 7.09. The fourth-order valence-corrected chi connectivity index (χ4v) is 3.05. The number of aromatic nitrogens is 1. The van der Waals surface area contributed by atoms with Crippen LogP contribution >= 0.6 is 11.3 Å². The molecule has 104 valence electrons. The molecule has 0 bridgehead atoms. The Morgan fingerprint density at radius 3 is 2.95 bits per heavy atom. The number of carbonyl (C=O) groups is 1. The Labute approximate surface area is 117 Å². The van der Waals surface area contributed by atoms with Gasteiger partial charge in [-0.3, -0.25) is 4.79 Å². The molecule has 2 heterocycles. The van der Waals surface area contributed by atoms with E-state index in [0.717, 1.165) is 23.5 Å². The predicted molar refractivity (Wildman–Crippen MR) is 76.9 cm³/mol. The minimum Gasteiger partial charge on any atom is -0.388 e. The average molecular weight is 280 g/mol. The Bertz CT molecular complexity index is 488. The average Bonchev–Trinajstić information content (AvgIpc) is 2.93. The summed E-state index contributed by atoms with van der Waals surface area (Å²) in [6.07, 6.45) is 5.10. The molecule has 0 aliphatic carbocycles. The summed E-state index contributed by atoms with van der Waals surface area (Å²) < 4.78 is 0. The molecule has 0 radical (unpaired) electrons. The third-order valence-electron chi connectivity index (χ3n) is 3.38. The lowest BCUT2D eigenvalue weighted by Crippen LogP contribution is -2.47. The number of carbonyl (C=O) groups excluding carboxylic acids is 1. The molecule has 1 aliphatic rings. The van der Waals surface area contributed by atoms with Crippen LogP contribution in [0.1, 0.15) is 37.4 Å². The van der Waals surface area contributed by atoms with E-state index < -0.39 is 5.60 Å². The molecule has 5 heteroatoms. The van der Waals surface area contributed by atoms with Gasteiger partial charge in [0.1, 0.15) is 0 Å². The van der Waals surface area contributed by atoms with Gasteiger partial charge in [-0.25, -0.2) is 4.98 Å². The van der Waals surface area contributed by atoms with Gasteiger partial charge in [0, 0.05) is 18.0 Å². The van der Waals surface area contributed by atoms with Crippen LogP contribution in [-0.2, 0) is 4.79 Å². The van der Waals surface area contributed by atoms with Gasteiger partial charge in [0.2, 0.25) is 5.91 Å². The van der Waals surface area contributed by atoms with E-state index in [-0.39, 0.29) is 11.9 Å². The predicted octanol–water partition coefficient (Wildman–Crippen LogP) is 2.23. The van der Waals surface area contributed by atoms with Crippen molar-refractivity contribution in [3.05, 3.63) is 22.2 Å². The van der Waals surface area contributed by atoms with Crippen LogP contribution in [0.2, 0.25) is 0 Å². The Hall–Kier alpha value is -1.20. The normalized spacial score (nSPS) is 20.4. The molecular weight excluding hydrogens is 260 g/mol. The van der Waals surface area contributed by atoms with Gasteiger partial charge in [-0.2, -0.15) is 0 Å². The monoisotopic (exact) mass is 280 g/mol. The number of hydrogen-bond donors (Lipinski definition) is 1. The third kappa shape index (κ3) is 3.42. The van der Waals surface area contributed by atoms with Gasteiger partial charge in [-0.05, 0) is 39.7 Å². The number of hydrogen-bond acceptors (Lipinski definition) is 4. The molecule has 0 aromatic carbocycles. The summed E-state index contributed by atoms with van der Waals surface area (Å²) in [5.74, 6) is -0.0460. The van der Waals surface area contributed by atoms with Crippen molar-refractivity contribution >= 4 is 23.3 Å². The maximum absolute atomic E-state index is 12.2. The molecule has 1 aliphatic heterocycles. The van der Waals surface area contributed by atoms with E-state index in [2.05, 4.69) is 4.98 Å². The highest BCUT2D eigenvalue weighted by Crippen LogP contribution is 2.27. The van der Waals surface area contributed by atoms with Gasteiger partial charge in [0.15, 0.2) is 0 Å². The minimum absolute atomic E-state index is 0.0460. The number of aliphatic hydroxyl groups is 1. The van der Waals surface area contributed by atoms with E-state index >= 15 is 0 Å². The highest BCUT2D eigenvalue weighted by Gasteiger charge is 2.37. The van der Waals surface area contributed by atoms with E-state index in [1.807, 2.05) is 12.3 Å². The summed E-state index contributed by atoms with van der Waals surface area (Å²) in [4.78, 5) is 18.2. The number of likely N-dealkylation sites (tertiary alicyclic amines) is 1. The standard InChI is InChI=1S/C14H20N2O2S/c1-10-15-11(9-19-10)6-7-13(17)16-8-4-5-12(16)14(2,3)18/h6-7,9,12,18H,4-5,8H2,1-3H3/b7-6+. The molecule has 1 atom stereocenters. The molecule has 1 unspecified atom stereocenters. The largest absolute Gasteiger partial charge is 0.388 e. The second-order valence-electron chi connectivity index (χ2n) is 5.47. The van der Waals surface area contributed by atoms with Gasteiger partial charge in [-0.1, -0.05) is 0 Å². The van der Waals surface area contributed by atoms with Gasteiger partial charge < -0.3 is 10.0 Å². The van der Waals surface area contributed by atoms with E-state index in [1.54, 1.807) is 42.2 Å². The van der Waals surface area contributed by atoms with Crippen molar-refractivity contribution in [1.82, 2.24) is 9.88 Å². The van der Waals surface area contributed by atoms with Crippen LogP contribution in [0.4, 0.5) is 0 Å². The van der Waals surface area contributed by atoms with Gasteiger partial charge >= 0.3 is 0 Å². The quantitative estimate of drug-likeness (QED) is 0.864. The molecule has 0 saturated carbocycles. The zero-order valence-corrected chi connectivity index (χ0v) is 12.4. The molecule has 1 saturated heterocycles. The summed E-state index contributed by atoms with van der Waals surface area (Å²) in [5, 5.41) is 13.0. The Morgan fingerprint density at radius 2 is 2.37 bits per heavy atom. The van der Waals surface area contributed by atoms with E-state index in [1.165, 1.54) is 0 Å². The Kier molecular flexibility index (Phi) is 4.06. The second kappa shape index (κ2) is 5.43. The lowest BCUT2D eigenvalue weighted by atomic mass is 9.96. The van der Waals surface area contributed by atoms with Crippen LogP contribution in [0, 0.1) is 6.92 Å². The molecule has 2 rings (SSSR count). The molecule has 0 spiro atoms. The first kappa shape index (κ1) is 14.2. The van der Waals surface area contributed by atoms with Crippen molar-refractivity contribution < 1.29 is 9.90 Å². The van der Waals surface area contributed by atoms with Crippen LogP contribution in [0.3, 0.4) is 0 Å². The number of nitrogens with zero attached hydrogens (tertiary/aromatic N) is 2. The first-order chi connectivity index (χ1) is 8.88. The van der Waals surface area contributed by atoms with Crippen molar-refractivity contribution in [2.75, 3.05) is 6.54 Å². The SMILES string of the molecule is Cc1nc(/C=C/C(=O)N2CCCC2C(C)(C)O)cs1. The van der Waals surface area contributed by atoms with Crippen molar-refractivity contribution in [1.29, 1.82) is 0 Å². The molecule has 4 nitrogen and oxygen atoms in total. The molecule has 1 aromatic heterocycles. The highest BCUT2D eigenvalue weighted by atomic mass is 32.1. The first-order valence-corrected chi connectivity index (χ1v) is 7.39. The summed E-state index contributed by atoms with van der Waals surface area (Å²) >= 11 is 1.57. The lowest BCUT2D eigenvalue weighted by molar-refractivity contribution is -0.131. The zero-order valence-electron chi connectivity index (χ0n) is 11.6. The number of thiazole rings is 1. The van der Waals surface area contributed by atoms with E-state index in [9.17, 15) is 9.90 Å². The van der Waals surface area contributed by atoms with E-state index in [4.69, 9.17) is 0 Å².